The van der Waals surface area contributed by atoms with E-state index in [2.05, 4.69) is 15.1 Å². The summed E-state index contributed by atoms with van der Waals surface area (Å²) in [5, 5.41) is 4.33. The Balaban J connectivity index is 2.47. The van der Waals surface area contributed by atoms with Crippen LogP contribution < -0.4 is 5.56 Å². The highest BCUT2D eigenvalue weighted by Crippen LogP contribution is 2.24. The average Bonchev–Trinajstić information content (AvgIpc) is 2.54. The molecule has 2 aromatic heterocycles. The molecule has 0 radical (unpaired) electrons. The maximum atomic E-state index is 12.6. The van der Waals surface area contributed by atoms with Gasteiger partial charge in [-0.2, -0.15) is 5.10 Å². The molecule has 0 spiro atoms. The lowest BCUT2D eigenvalue weighted by Gasteiger charge is -2.13. The molecule has 0 aliphatic heterocycles. The number of hydrogen-bond acceptors (Lipinski definition) is 6. The molecular weight excluding hydrogens is 328 g/mol. The van der Waals surface area contributed by atoms with Gasteiger partial charge in [-0.15, -0.1) is 0 Å². The van der Waals surface area contributed by atoms with Gasteiger partial charge in [-0.25, -0.2) is 23.1 Å². The minimum absolute atomic E-state index is 0.154. The van der Waals surface area contributed by atoms with Gasteiger partial charge in [0.1, 0.15) is 11.2 Å². The first-order chi connectivity index (χ1) is 11.3. The van der Waals surface area contributed by atoms with Crippen molar-refractivity contribution in [1.29, 1.82) is 0 Å². The highest BCUT2D eigenvalue weighted by molar-refractivity contribution is 7.90. The largest absolute Gasteiger partial charge is 0.278 e. The predicted molar refractivity (Wildman–Crippen MR) is 90.5 cm³/mol. The molecule has 24 heavy (non-hydrogen) atoms. The molecule has 3 aromatic rings. The van der Waals surface area contributed by atoms with Crippen molar-refractivity contribution in [3.05, 3.63) is 46.9 Å². The predicted octanol–water partition coefficient (Wildman–Crippen LogP) is 1.84. The molecule has 0 fully saturated rings. The molecule has 0 saturated carbocycles. The van der Waals surface area contributed by atoms with Crippen molar-refractivity contribution in [2.45, 2.75) is 25.0 Å². The first-order valence-electron chi connectivity index (χ1n) is 7.34. The summed E-state index contributed by atoms with van der Waals surface area (Å²) in [6.07, 6.45) is 2.28. The van der Waals surface area contributed by atoms with Crippen molar-refractivity contribution in [2.75, 3.05) is 6.26 Å². The fraction of sp³-hybridized carbons (Fsp3) is 0.250. The van der Waals surface area contributed by atoms with E-state index < -0.39 is 9.84 Å². The Morgan fingerprint density at radius 2 is 1.79 bits per heavy atom. The van der Waals surface area contributed by atoms with Crippen molar-refractivity contribution in [3.63, 3.8) is 0 Å². The molecule has 124 valence electrons. The van der Waals surface area contributed by atoms with E-state index in [1.807, 2.05) is 44.2 Å². The van der Waals surface area contributed by atoms with Gasteiger partial charge in [0, 0.05) is 18.0 Å². The zero-order valence-corrected chi connectivity index (χ0v) is 14.3. The van der Waals surface area contributed by atoms with E-state index in [-0.39, 0.29) is 27.7 Å². The van der Waals surface area contributed by atoms with E-state index in [0.29, 0.717) is 5.69 Å². The molecule has 7 nitrogen and oxygen atoms in total. The van der Waals surface area contributed by atoms with Gasteiger partial charge < -0.3 is 0 Å². The number of nitrogens with zero attached hydrogens (tertiary/aromatic N) is 4. The van der Waals surface area contributed by atoms with E-state index in [0.717, 1.165) is 11.8 Å². The van der Waals surface area contributed by atoms with Crippen LogP contribution in [0.5, 0.6) is 0 Å². The Labute approximate surface area is 138 Å². The minimum Gasteiger partial charge on any atom is -0.267 e. The molecule has 0 N–H and O–H groups in total. The van der Waals surface area contributed by atoms with Gasteiger partial charge in [0.05, 0.1) is 11.4 Å². The standard InChI is InChI=1S/C16H16N4O3S/c1-10(2)20-15(21)12-9-17-16(24(3,22)23)18-14(12)13(19-20)11-7-5-4-6-8-11/h4-10H,1-3H3. The van der Waals surface area contributed by atoms with Crippen molar-refractivity contribution in [2.24, 2.45) is 0 Å². The fourth-order valence-corrected chi connectivity index (χ4v) is 2.85. The van der Waals surface area contributed by atoms with Gasteiger partial charge in [0.15, 0.2) is 0 Å². The first kappa shape index (κ1) is 16.3. The quantitative estimate of drug-likeness (QED) is 0.673. The van der Waals surface area contributed by atoms with Crippen LogP contribution in [0.25, 0.3) is 22.2 Å². The summed E-state index contributed by atoms with van der Waals surface area (Å²) < 4.78 is 24.9. The van der Waals surface area contributed by atoms with Crippen LogP contribution in [0, 0.1) is 0 Å². The molecule has 0 aliphatic rings. The molecular formula is C16H16N4O3S. The van der Waals surface area contributed by atoms with Crippen molar-refractivity contribution in [3.8, 4) is 11.3 Å². The normalized spacial score (nSPS) is 12.0. The number of rotatable bonds is 3. The number of sulfone groups is 1. The highest BCUT2D eigenvalue weighted by atomic mass is 32.2. The zero-order valence-electron chi connectivity index (χ0n) is 13.5. The molecule has 2 heterocycles. The van der Waals surface area contributed by atoms with Gasteiger partial charge in [0.2, 0.25) is 15.0 Å². The van der Waals surface area contributed by atoms with Crippen LogP contribution in [0.1, 0.15) is 19.9 Å². The monoisotopic (exact) mass is 344 g/mol. The van der Waals surface area contributed by atoms with Crippen LogP contribution in [0.3, 0.4) is 0 Å². The lowest BCUT2D eigenvalue weighted by atomic mass is 10.1. The van der Waals surface area contributed by atoms with Crippen LogP contribution in [-0.2, 0) is 9.84 Å². The molecule has 0 amide bonds. The molecule has 0 atom stereocenters. The Bertz CT molecular complexity index is 1070. The van der Waals surface area contributed by atoms with Gasteiger partial charge in [-0.05, 0) is 13.8 Å². The molecule has 0 aliphatic carbocycles. The summed E-state index contributed by atoms with van der Waals surface area (Å²) in [4.78, 5) is 20.5. The summed E-state index contributed by atoms with van der Waals surface area (Å²) in [6.45, 7) is 3.70. The first-order valence-corrected chi connectivity index (χ1v) is 9.23. The van der Waals surface area contributed by atoms with Gasteiger partial charge >= 0.3 is 0 Å². The Kier molecular flexibility index (Phi) is 3.92. The smallest absolute Gasteiger partial charge is 0.267 e. The van der Waals surface area contributed by atoms with E-state index in [1.165, 1.54) is 10.9 Å². The summed E-state index contributed by atoms with van der Waals surface area (Å²) in [6, 6.07) is 9.05. The summed E-state index contributed by atoms with van der Waals surface area (Å²) in [5.41, 5.74) is 1.08. The second-order valence-electron chi connectivity index (χ2n) is 5.75. The second kappa shape index (κ2) is 5.79. The molecule has 3 rings (SSSR count). The van der Waals surface area contributed by atoms with Crippen molar-refractivity contribution in [1.82, 2.24) is 19.7 Å². The lowest BCUT2D eigenvalue weighted by molar-refractivity contribution is 0.509. The third kappa shape index (κ3) is 2.80. The summed E-state index contributed by atoms with van der Waals surface area (Å²) in [7, 11) is -3.59. The number of hydrogen-bond donors (Lipinski definition) is 0. The molecule has 1 aromatic carbocycles. The maximum Gasteiger partial charge on any atom is 0.278 e. The third-order valence-electron chi connectivity index (χ3n) is 3.51. The Morgan fingerprint density at radius 3 is 2.38 bits per heavy atom. The molecule has 8 heteroatoms. The third-order valence-corrected chi connectivity index (χ3v) is 4.37. The van der Waals surface area contributed by atoms with Gasteiger partial charge in [0.25, 0.3) is 5.56 Å². The molecule has 0 saturated heterocycles. The van der Waals surface area contributed by atoms with Crippen molar-refractivity contribution < 1.29 is 8.42 Å². The zero-order chi connectivity index (χ0) is 17.5. The molecule has 0 bridgehead atoms. The fourth-order valence-electron chi connectivity index (χ4n) is 2.35. The summed E-state index contributed by atoms with van der Waals surface area (Å²) in [5.74, 6) is 0. The average molecular weight is 344 g/mol. The minimum atomic E-state index is -3.59. The van der Waals surface area contributed by atoms with Crippen LogP contribution in [0.2, 0.25) is 0 Å². The Morgan fingerprint density at radius 1 is 1.12 bits per heavy atom. The Hall–Kier alpha value is -2.61. The second-order valence-corrected chi connectivity index (χ2v) is 7.65. The van der Waals surface area contributed by atoms with Crippen LogP contribution in [0.15, 0.2) is 46.5 Å². The maximum absolute atomic E-state index is 12.6. The topological polar surface area (TPSA) is 94.8 Å². The van der Waals surface area contributed by atoms with Crippen LogP contribution in [-0.4, -0.2) is 34.4 Å². The van der Waals surface area contributed by atoms with Gasteiger partial charge in [-0.3, -0.25) is 4.79 Å². The van der Waals surface area contributed by atoms with Crippen LogP contribution >= 0.6 is 0 Å². The van der Waals surface area contributed by atoms with Crippen molar-refractivity contribution >= 4 is 20.7 Å². The number of benzene rings is 1. The van der Waals surface area contributed by atoms with Crippen LogP contribution in [0.4, 0.5) is 0 Å². The molecule has 0 unspecified atom stereocenters. The number of fused-ring (bicyclic) bond motifs is 1. The SMILES string of the molecule is CC(C)n1nc(-c2ccccc2)c2nc(S(C)(=O)=O)ncc2c1=O. The van der Waals surface area contributed by atoms with E-state index in [9.17, 15) is 13.2 Å². The highest BCUT2D eigenvalue weighted by Gasteiger charge is 2.19. The number of aromatic nitrogens is 4. The van der Waals surface area contributed by atoms with Gasteiger partial charge in [-0.1, -0.05) is 30.3 Å². The van der Waals surface area contributed by atoms with E-state index >= 15 is 0 Å². The summed E-state index contributed by atoms with van der Waals surface area (Å²) >= 11 is 0. The lowest BCUT2D eigenvalue weighted by Crippen LogP contribution is -2.26. The van der Waals surface area contributed by atoms with E-state index in [4.69, 9.17) is 0 Å². The van der Waals surface area contributed by atoms with E-state index in [1.54, 1.807) is 0 Å².